The number of piperidine rings is 1. The molecule has 0 aliphatic carbocycles. The maximum absolute atomic E-state index is 10.6. The van der Waals surface area contributed by atoms with Gasteiger partial charge in [0.1, 0.15) is 0 Å². The second kappa shape index (κ2) is 12.9. The zero-order chi connectivity index (χ0) is 26.1. The molecular weight excluding hydrogens is 476 g/mol. The molecule has 0 aromatic carbocycles. The lowest BCUT2D eigenvalue weighted by Crippen LogP contribution is -2.59. The number of ether oxygens (including phenoxy) is 1. The number of likely N-dealkylation sites (tertiary alicyclic amines) is 1. The fourth-order valence-corrected chi connectivity index (χ4v) is 3.57. The van der Waals surface area contributed by atoms with Gasteiger partial charge < -0.3 is 19.8 Å². The number of fused-ring (bicyclic) bond motifs is 1. The summed E-state index contributed by atoms with van der Waals surface area (Å²) in [6.45, 7) is 4.11. The standard InChI is InChI=1S/C16H25N3O.2C2HF3O2/c1-18(2)15-12-19(11-14-7-3-4-8-17-14)10-13-6-5-9-20-16(13)15;2*3-2(4,5)1(6)7/h3-4,7-8,13,15-16H,5-6,9-12H2,1-2H3;2*(H,6,7)/t13-,15+,16-;;/m0../s1. The summed E-state index contributed by atoms with van der Waals surface area (Å²) in [4.78, 5) is 27.1. The highest BCUT2D eigenvalue weighted by Crippen LogP contribution is 2.30. The third kappa shape index (κ3) is 10.2. The van der Waals surface area contributed by atoms with E-state index in [1.54, 1.807) is 0 Å². The molecule has 2 aliphatic heterocycles. The van der Waals surface area contributed by atoms with Gasteiger partial charge in [0.25, 0.3) is 0 Å². The van der Waals surface area contributed by atoms with Crippen LogP contribution in [0.5, 0.6) is 0 Å². The lowest BCUT2D eigenvalue weighted by molar-refractivity contribution is -0.193. The highest BCUT2D eigenvalue weighted by atomic mass is 19.4. The molecule has 2 fully saturated rings. The maximum atomic E-state index is 10.6. The molecule has 14 heteroatoms. The average Bonchev–Trinajstić information content (AvgIpc) is 2.73. The monoisotopic (exact) mass is 503 g/mol. The zero-order valence-corrected chi connectivity index (χ0v) is 18.5. The molecular formula is C20H27F6N3O5. The normalized spacial score (nSPS) is 23.0. The topological polar surface area (TPSA) is 103 Å². The molecule has 2 aliphatic rings. The summed E-state index contributed by atoms with van der Waals surface area (Å²) in [7, 11) is 4.34. The number of aliphatic carboxylic acids is 2. The first-order valence-corrected chi connectivity index (χ1v) is 10.1. The van der Waals surface area contributed by atoms with Crippen LogP contribution in [0, 0.1) is 5.92 Å². The van der Waals surface area contributed by atoms with Gasteiger partial charge in [0.15, 0.2) is 0 Å². The van der Waals surface area contributed by atoms with Gasteiger partial charge in [-0.2, -0.15) is 26.3 Å². The van der Waals surface area contributed by atoms with E-state index >= 15 is 0 Å². The van der Waals surface area contributed by atoms with Gasteiger partial charge in [-0.3, -0.25) is 9.88 Å². The molecule has 34 heavy (non-hydrogen) atoms. The van der Waals surface area contributed by atoms with Crippen LogP contribution in [0.15, 0.2) is 24.4 Å². The first-order valence-electron chi connectivity index (χ1n) is 10.1. The van der Waals surface area contributed by atoms with Crippen LogP contribution in [0.4, 0.5) is 26.3 Å². The molecule has 194 valence electrons. The van der Waals surface area contributed by atoms with Gasteiger partial charge in [0.2, 0.25) is 0 Å². The number of likely N-dealkylation sites (N-methyl/N-ethyl adjacent to an activating group) is 1. The Hall–Kier alpha value is -2.45. The van der Waals surface area contributed by atoms with E-state index in [2.05, 4.69) is 41.0 Å². The highest BCUT2D eigenvalue weighted by molar-refractivity contribution is 5.73. The fraction of sp³-hybridized carbons (Fsp3) is 0.650. The second-order valence-corrected chi connectivity index (χ2v) is 7.89. The third-order valence-electron chi connectivity index (χ3n) is 5.07. The predicted octanol–water partition coefficient (Wildman–Crippen LogP) is 2.89. The Morgan fingerprint density at radius 1 is 1.09 bits per heavy atom. The predicted molar refractivity (Wildman–Crippen MR) is 107 cm³/mol. The summed E-state index contributed by atoms with van der Waals surface area (Å²) < 4.78 is 69.5. The van der Waals surface area contributed by atoms with Crippen molar-refractivity contribution in [1.29, 1.82) is 0 Å². The number of hydrogen-bond donors (Lipinski definition) is 2. The Balaban J connectivity index is 0.000000343. The smallest absolute Gasteiger partial charge is 0.475 e. The first-order chi connectivity index (χ1) is 15.6. The maximum Gasteiger partial charge on any atom is 0.490 e. The van der Waals surface area contributed by atoms with Crippen molar-refractivity contribution in [3.8, 4) is 0 Å². The van der Waals surface area contributed by atoms with E-state index in [1.165, 1.54) is 18.5 Å². The van der Waals surface area contributed by atoms with E-state index < -0.39 is 24.3 Å². The fourth-order valence-electron chi connectivity index (χ4n) is 3.57. The Kier molecular flexibility index (Phi) is 11.2. The van der Waals surface area contributed by atoms with Gasteiger partial charge in [-0.05, 0) is 45.0 Å². The highest BCUT2D eigenvalue weighted by Gasteiger charge is 2.40. The summed E-state index contributed by atoms with van der Waals surface area (Å²) in [6.07, 6.45) is -5.36. The largest absolute Gasteiger partial charge is 0.490 e. The number of hydrogen-bond acceptors (Lipinski definition) is 6. The number of nitrogens with zero attached hydrogens (tertiary/aromatic N) is 3. The van der Waals surface area contributed by atoms with Crippen molar-refractivity contribution >= 4 is 11.9 Å². The van der Waals surface area contributed by atoms with E-state index in [-0.39, 0.29) is 0 Å². The van der Waals surface area contributed by atoms with Gasteiger partial charge in [-0.1, -0.05) is 6.07 Å². The number of carbonyl (C=O) groups is 2. The van der Waals surface area contributed by atoms with E-state index in [9.17, 15) is 26.3 Å². The molecule has 8 nitrogen and oxygen atoms in total. The van der Waals surface area contributed by atoms with Crippen molar-refractivity contribution in [2.45, 2.75) is 43.9 Å². The molecule has 0 unspecified atom stereocenters. The first kappa shape index (κ1) is 29.6. The summed E-state index contributed by atoms with van der Waals surface area (Å²) in [6, 6.07) is 6.67. The quantitative estimate of drug-likeness (QED) is 0.608. The number of halogens is 6. The molecule has 0 saturated carbocycles. The van der Waals surface area contributed by atoms with Crippen LogP contribution in [0.25, 0.3) is 0 Å². The Labute approximate surface area is 192 Å². The zero-order valence-electron chi connectivity index (χ0n) is 18.5. The van der Waals surface area contributed by atoms with Crippen molar-refractivity contribution in [3.05, 3.63) is 30.1 Å². The third-order valence-corrected chi connectivity index (χ3v) is 5.07. The molecule has 3 heterocycles. The van der Waals surface area contributed by atoms with Gasteiger partial charge in [-0.25, -0.2) is 9.59 Å². The molecule has 2 saturated heterocycles. The minimum atomic E-state index is -5.08. The van der Waals surface area contributed by atoms with E-state index in [1.807, 2.05) is 12.3 Å². The minimum Gasteiger partial charge on any atom is -0.475 e. The molecule has 1 aromatic rings. The minimum absolute atomic E-state index is 0.415. The molecule has 1 aromatic heterocycles. The van der Waals surface area contributed by atoms with Crippen molar-refractivity contribution in [2.75, 3.05) is 33.8 Å². The van der Waals surface area contributed by atoms with Crippen LogP contribution >= 0.6 is 0 Å². The number of pyridine rings is 1. The molecule has 0 amide bonds. The van der Waals surface area contributed by atoms with Gasteiger partial charge in [0, 0.05) is 38.5 Å². The average molecular weight is 503 g/mol. The van der Waals surface area contributed by atoms with Crippen molar-refractivity contribution in [2.24, 2.45) is 5.92 Å². The van der Waals surface area contributed by atoms with Crippen molar-refractivity contribution in [3.63, 3.8) is 0 Å². The van der Waals surface area contributed by atoms with Gasteiger partial charge >= 0.3 is 24.3 Å². The van der Waals surface area contributed by atoms with Gasteiger partial charge in [0.05, 0.1) is 11.8 Å². The van der Waals surface area contributed by atoms with E-state index in [0.717, 1.165) is 26.2 Å². The number of aromatic nitrogens is 1. The lowest BCUT2D eigenvalue weighted by Gasteiger charge is -2.48. The van der Waals surface area contributed by atoms with E-state index in [0.29, 0.717) is 18.1 Å². The van der Waals surface area contributed by atoms with Crippen molar-refractivity contribution < 1.29 is 50.9 Å². The van der Waals surface area contributed by atoms with Crippen LogP contribution < -0.4 is 0 Å². The van der Waals surface area contributed by atoms with E-state index in [4.69, 9.17) is 24.5 Å². The molecule has 3 atom stereocenters. The number of carboxylic acid groups (broad SMARTS) is 2. The summed E-state index contributed by atoms with van der Waals surface area (Å²) >= 11 is 0. The summed E-state index contributed by atoms with van der Waals surface area (Å²) in [5.41, 5.74) is 1.17. The van der Waals surface area contributed by atoms with Crippen LogP contribution in [0.2, 0.25) is 0 Å². The summed E-state index contributed by atoms with van der Waals surface area (Å²) in [5.74, 6) is -4.84. The Morgan fingerprint density at radius 2 is 1.65 bits per heavy atom. The molecule has 3 rings (SSSR count). The number of alkyl halides is 6. The molecule has 0 radical (unpaired) electrons. The Morgan fingerprint density at radius 3 is 2.09 bits per heavy atom. The van der Waals surface area contributed by atoms with Gasteiger partial charge in [-0.15, -0.1) is 0 Å². The number of rotatable bonds is 3. The molecule has 2 N–H and O–H groups in total. The van der Waals surface area contributed by atoms with Crippen molar-refractivity contribution in [1.82, 2.24) is 14.8 Å². The number of carboxylic acids is 2. The SMILES string of the molecule is CN(C)[C@@H]1CN(Cc2ccccn2)C[C@@H]2CCCO[C@@H]21.O=C(O)C(F)(F)F.O=C(O)C(F)(F)F. The summed E-state index contributed by atoms with van der Waals surface area (Å²) in [5, 5.41) is 14.2. The Bertz CT molecular complexity index is 752. The molecule has 0 bridgehead atoms. The van der Waals surface area contributed by atoms with Crippen LogP contribution in [-0.4, -0.2) is 95.2 Å². The second-order valence-electron chi connectivity index (χ2n) is 7.89. The van der Waals surface area contributed by atoms with Crippen LogP contribution in [0.3, 0.4) is 0 Å². The van der Waals surface area contributed by atoms with Crippen LogP contribution in [0.1, 0.15) is 18.5 Å². The van der Waals surface area contributed by atoms with Crippen LogP contribution in [-0.2, 0) is 20.9 Å². The lowest BCUT2D eigenvalue weighted by atomic mass is 9.85. The molecule has 0 spiro atoms.